The highest BCUT2D eigenvalue weighted by Crippen LogP contribution is 2.25. The minimum absolute atomic E-state index is 0.532. The average molecular weight is 297 g/mol. The van der Waals surface area contributed by atoms with Gasteiger partial charge in [0.05, 0.1) is 17.6 Å². The molecule has 0 aliphatic carbocycles. The van der Waals surface area contributed by atoms with E-state index in [2.05, 4.69) is 43.2 Å². The molecule has 0 fully saturated rings. The third-order valence-electron chi connectivity index (χ3n) is 3.57. The van der Waals surface area contributed by atoms with Gasteiger partial charge in [0.2, 0.25) is 0 Å². The lowest BCUT2D eigenvalue weighted by Gasteiger charge is -2.10. The molecule has 106 valence electrons. The Morgan fingerprint density at radius 2 is 1.76 bits per heavy atom. The van der Waals surface area contributed by atoms with E-state index in [9.17, 15) is 0 Å². The number of aromatic nitrogens is 2. The lowest BCUT2D eigenvalue weighted by atomic mass is 10.0. The second-order valence-corrected chi connectivity index (χ2v) is 5.82. The van der Waals surface area contributed by atoms with Crippen molar-refractivity contribution in [2.24, 2.45) is 0 Å². The number of hydrogen-bond acceptors (Lipinski definition) is 1. The van der Waals surface area contributed by atoms with Gasteiger partial charge in [0, 0.05) is 10.6 Å². The Balaban J connectivity index is 2.02. The van der Waals surface area contributed by atoms with E-state index in [0.29, 0.717) is 5.92 Å². The maximum atomic E-state index is 6.09. The van der Waals surface area contributed by atoms with E-state index in [4.69, 9.17) is 11.6 Å². The normalized spacial score (nSPS) is 11.0. The second kappa shape index (κ2) is 5.74. The second-order valence-electron chi connectivity index (χ2n) is 5.38. The third kappa shape index (κ3) is 2.86. The summed E-state index contributed by atoms with van der Waals surface area (Å²) in [5.41, 5.74) is 4.48. The van der Waals surface area contributed by atoms with E-state index in [1.165, 1.54) is 5.56 Å². The Morgan fingerprint density at radius 1 is 1.00 bits per heavy atom. The monoisotopic (exact) mass is 296 g/mol. The van der Waals surface area contributed by atoms with Crippen molar-refractivity contribution < 1.29 is 0 Å². The summed E-state index contributed by atoms with van der Waals surface area (Å²) >= 11 is 6.09. The largest absolute Gasteiger partial charge is 0.233 e. The van der Waals surface area contributed by atoms with Crippen LogP contribution in [0.25, 0.3) is 16.9 Å². The van der Waals surface area contributed by atoms with Crippen molar-refractivity contribution in [3.05, 3.63) is 71.4 Å². The molecule has 0 saturated carbocycles. The molecule has 0 radical (unpaired) electrons. The van der Waals surface area contributed by atoms with Crippen molar-refractivity contribution in [3.63, 3.8) is 0 Å². The fourth-order valence-electron chi connectivity index (χ4n) is 2.38. The third-order valence-corrected chi connectivity index (χ3v) is 3.80. The summed E-state index contributed by atoms with van der Waals surface area (Å²) in [6.07, 6.45) is 1.81. The van der Waals surface area contributed by atoms with Crippen molar-refractivity contribution in [3.8, 4) is 16.9 Å². The standard InChI is InChI=1S/C18H17ClN2/c1-13(2)14-6-8-17(9-7-14)21-18(10-11-20-21)15-4-3-5-16(19)12-15/h3-13H,1-2H3. The van der Waals surface area contributed by atoms with Crippen molar-refractivity contribution in [1.29, 1.82) is 0 Å². The van der Waals surface area contributed by atoms with Gasteiger partial charge >= 0.3 is 0 Å². The van der Waals surface area contributed by atoms with Crippen LogP contribution in [0.3, 0.4) is 0 Å². The van der Waals surface area contributed by atoms with E-state index in [1.54, 1.807) is 0 Å². The molecule has 21 heavy (non-hydrogen) atoms. The highest BCUT2D eigenvalue weighted by Gasteiger charge is 2.08. The molecular formula is C18H17ClN2. The smallest absolute Gasteiger partial charge is 0.0741 e. The van der Waals surface area contributed by atoms with Gasteiger partial charge in [0.25, 0.3) is 0 Å². The minimum atomic E-state index is 0.532. The number of hydrogen-bond donors (Lipinski definition) is 0. The Morgan fingerprint density at radius 3 is 2.43 bits per heavy atom. The molecule has 1 aromatic heterocycles. The zero-order chi connectivity index (χ0) is 14.8. The van der Waals surface area contributed by atoms with E-state index >= 15 is 0 Å². The van der Waals surface area contributed by atoms with Gasteiger partial charge in [-0.3, -0.25) is 0 Å². The lowest BCUT2D eigenvalue weighted by molar-refractivity contribution is 0.856. The minimum Gasteiger partial charge on any atom is -0.233 e. The van der Waals surface area contributed by atoms with Crippen LogP contribution in [-0.4, -0.2) is 9.78 Å². The first kappa shape index (κ1) is 13.9. The van der Waals surface area contributed by atoms with E-state index in [0.717, 1.165) is 22.0 Å². The summed E-state index contributed by atoms with van der Waals surface area (Å²) in [4.78, 5) is 0. The van der Waals surface area contributed by atoms with Crippen LogP contribution in [0.15, 0.2) is 60.8 Å². The summed E-state index contributed by atoms with van der Waals surface area (Å²) < 4.78 is 1.94. The van der Waals surface area contributed by atoms with Gasteiger partial charge in [-0.25, -0.2) is 4.68 Å². The zero-order valence-electron chi connectivity index (χ0n) is 12.1. The highest BCUT2D eigenvalue weighted by molar-refractivity contribution is 6.30. The summed E-state index contributed by atoms with van der Waals surface area (Å²) in [5.74, 6) is 0.532. The fraction of sp³-hybridized carbons (Fsp3) is 0.167. The summed E-state index contributed by atoms with van der Waals surface area (Å²) in [7, 11) is 0. The summed E-state index contributed by atoms with van der Waals surface area (Å²) in [5, 5.41) is 5.17. The molecule has 3 rings (SSSR count). The van der Waals surface area contributed by atoms with Crippen LogP contribution < -0.4 is 0 Å². The Hall–Kier alpha value is -2.06. The zero-order valence-corrected chi connectivity index (χ0v) is 12.9. The van der Waals surface area contributed by atoms with Gasteiger partial charge in [-0.15, -0.1) is 0 Å². The maximum absolute atomic E-state index is 6.09. The van der Waals surface area contributed by atoms with Gasteiger partial charge in [-0.1, -0.05) is 49.7 Å². The molecule has 2 aromatic carbocycles. The van der Waals surface area contributed by atoms with Crippen LogP contribution in [-0.2, 0) is 0 Å². The molecule has 0 N–H and O–H groups in total. The molecule has 0 unspecified atom stereocenters. The predicted octanol–water partition coefficient (Wildman–Crippen LogP) is 5.32. The van der Waals surface area contributed by atoms with E-state index in [-0.39, 0.29) is 0 Å². The van der Waals surface area contributed by atoms with Crippen LogP contribution >= 0.6 is 11.6 Å². The molecule has 0 aliphatic rings. The number of halogens is 1. The topological polar surface area (TPSA) is 17.8 Å². The highest BCUT2D eigenvalue weighted by atomic mass is 35.5. The Bertz CT molecular complexity index is 742. The lowest BCUT2D eigenvalue weighted by Crippen LogP contribution is -1.99. The van der Waals surface area contributed by atoms with Crippen LogP contribution in [0.4, 0.5) is 0 Å². The van der Waals surface area contributed by atoms with Crippen molar-refractivity contribution in [2.75, 3.05) is 0 Å². The van der Waals surface area contributed by atoms with Crippen molar-refractivity contribution in [1.82, 2.24) is 9.78 Å². The van der Waals surface area contributed by atoms with Gasteiger partial charge in [0.15, 0.2) is 0 Å². The summed E-state index contributed by atoms with van der Waals surface area (Å²) in [6, 6.07) is 18.4. The van der Waals surface area contributed by atoms with Gasteiger partial charge < -0.3 is 0 Å². The molecule has 0 spiro atoms. The fourth-order valence-corrected chi connectivity index (χ4v) is 2.57. The first-order chi connectivity index (χ1) is 10.1. The quantitative estimate of drug-likeness (QED) is 0.640. The Kier molecular flexibility index (Phi) is 3.80. The first-order valence-corrected chi connectivity index (χ1v) is 7.43. The van der Waals surface area contributed by atoms with E-state index in [1.807, 2.05) is 41.2 Å². The molecule has 1 heterocycles. The van der Waals surface area contributed by atoms with Crippen LogP contribution in [0.5, 0.6) is 0 Å². The molecule has 0 amide bonds. The molecule has 2 nitrogen and oxygen atoms in total. The Labute approximate surface area is 130 Å². The van der Waals surface area contributed by atoms with Crippen LogP contribution in [0, 0.1) is 0 Å². The predicted molar refractivity (Wildman–Crippen MR) is 88.1 cm³/mol. The maximum Gasteiger partial charge on any atom is 0.0741 e. The van der Waals surface area contributed by atoms with Gasteiger partial charge in [-0.05, 0) is 41.8 Å². The molecule has 3 aromatic rings. The number of benzene rings is 2. The summed E-state index contributed by atoms with van der Waals surface area (Å²) in [6.45, 7) is 4.39. The van der Waals surface area contributed by atoms with Crippen LogP contribution in [0.2, 0.25) is 5.02 Å². The molecule has 0 aliphatic heterocycles. The number of nitrogens with zero attached hydrogens (tertiary/aromatic N) is 2. The van der Waals surface area contributed by atoms with E-state index < -0.39 is 0 Å². The van der Waals surface area contributed by atoms with Gasteiger partial charge in [-0.2, -0.15) is 5.10 Å². The molecule has 0 bridgehead atoms. The molecular weight excluding hydrogens is 280 g/mol. The van der Waals surface area contributed by atoms with Crippen molar-refractivity contribution >= 4 is 11.6 Å². The van der Waals surface area contributed by atoms with Gasteiger partial charge in [0.1, 0.15) is 0 Å². The van der Waals surface area contributed by atoms with Crippen molar-refractivity contribution in [2.45, 2.75) is 19.8 Å². The first-order valence-electron chi connectivity index (χ1n) is 7.05. The molecule has 0 saturated heterocycles. The van der Waals surface area contributed by atoms with Crippen LogP contribution in [0.1, 0.15) is 25.3 Å². The SMILES string of the molecule is CC(C)c1ccc(-n2nccc2-c2cccc(Cl)c2)cc1. The average Bonchev–Trinajstić information content (AvgIpc) is 2.97. The number of rotatable bonds is 3. The molecule has 3 heteroatoms. The molecule has 0 atom stereocenters.